The van der Waals surface area contributed by atoms with Crippen LogP contribution in [-0.2, 0) is 0 Å². The SMILES string of the molecule is CNC1=C([N+](=O)[O-])C(c2ccc(O)c(OC)c2)c2c(n[nH]c2C)O1. The van der Waals surface area contributed by atoms with E-state index in [1.165, 1.54) is 20.2 Å². The maximum atomic E-state index is 11.7. The highest BCUT2D eigenvalue weighted by Crippen LogP contribution is 2.44. The lowest BCUT2D eigenvalue weighted by Gasteiger charge is -2.23. The number of nitro groups is 1. The van der Waals surface area contributed by atoms with Gasteiger partial charge < -0.3 is 19.9 Å². The number of benzene rings is 1. The first-order valence-corrected chi connectivity index (χ1v) is 7.13. The lowest BCUT2D eigenvalue weighted by Crippen LogP contribution is -2.27. The maximum absolute atomic E-state index is 11.7. The van der Waals surface area contributed by atoms with Crippen molar-refractivity contribution in [2.45, 2.75) is 12.8 Å². The number of fused-ring (bicyclic) bond motifs is 1. The number of nitrogens with one attached hydrogen (secondary N) is 2. The van der Waals surface area contributed by atoms with Crippen molar-refractivity contribution < 1.29 is 19.5 Å². The Hall–Kier alpha value is -3.23. The molecule has 1 atom stereocenters. The highest BCUT2D eigenvalue weighted by atomic mass is 16.6. The smallest absolute Gasteiger partial charge is 0.317 e. The summed E-state index contributed by atoms with van der Waals surface area (Å²) in [5.74, 6) is -0.233. The Labute approximate surface area is 137 Å². The average Bonchev–Trinajstić information content (AvgIpc) is 2.94. The van der Waals surface area contributed by atoms with Crippen LogP contribution in [0.15, 0.2) is 29.8 Å². The molecule has 3 N–H and O–H groups in total. The number of allylic oxidation sites excluding steroid dienone is 1. The number of phenols is 1. The molecule has 3 rings (SSSR count). The number of phenolic OH excluding ortho intramolecular Hbond substituents is 1. The molecule has 1 aromatic heterocycles. The molecule has 0 aliphatic carbocycles. The number of nitrogens with zero attached hydrogens (tertiary/aromatic N) is 2. The Morgan fingerprint density at radius 3 is 2.88 bits per heavy atom. The topological polar surface area (TPSA) is 123 Å². The first-order chi connectivity index (χ1) is 11.5. The van der Waals surface area contributed by atoms with Crippen molar-refractivity contribution in [2.75, 3.05) is 14.2 Å². The van der Waals surface area contributed by atoms with Gasteiger partial charge in [-0.15, -0.1) is 5.10 Å². The second-order valence-corrected chi connectivity index (χ2v) is 5.26. The summed E-state index contributed by atoms with van der Waals surface area (Å²) < 4.78 is 10.6. The van der Waals surface area contributed by atoms with E-state index in [1.807, 2.05) is 0 Å². The number of ether oxygens (including phenoxy) is 2. The van der Waals surface area contributed by atoms with E-state index in [0.29, 0.717) is 16.8 Å². The van der Waals surface area contributed by atoms with Crippen LogP contribution in [0, 0.1) is 17.0 Å². The van der Waals surface area contributed by atoms with Gasteiger partial charge >= 0.3 is 5.70 Å². The fraction of sp³-hybridized carbons (Fsp3) is 0.267. The van der Waals surface area contributed by atoms with Gasteiger partial charge in [0, 0.05) is 12.7 Å². The average molecular weight is 332 g/mol. The number of methoxy groups -OCH3 is 1. The van der Waals surface area contributed by atoms with Gasteiger partial charge in [0.2, 0.25) is 5.88 Å². The first-order valence-electron chi connectivity index (χ1n) is 7.13. The van der Waals surface area contributed by atoms with Crippen molar-refractivity contribution in [2.24, 2.45) is 0 Å². The summed E-state index contributed by atoms with van der Waals surface area (Å²) in [6, 6.07) is 4.62. The zero-order valence-electron chi connectivity index (χ0n) is 13.3. The minimum absolute atomic E-state index is 0.0241. The summed E-state index contributed by atoms with van der Waals surface area (Å²) in [6.45, 7) is 1.77. The predicted molar refractivity (Wildman–Crippen MR) is 83.5 cm³/mol. The molecular weight excluding hydrogens is 316 g/mol. The number of aromatic amines is 1. The molecule has 0 fully saturated rings. The molecule has 9 heteroatoms. The third-order valence-corrected chi connectivity index (χ3v) is 3.91. The fourth-order valence-corrected chi connectivity index (χ4v) is 2.82. The van der Waals surface area contributed by atoms with E-state index in [1.54, 1.807) is 19.1 Å². The highest BCUT2D eigenvalue weighted by molar-refractivity contribution is 5.53. The van der Waals surface area contributed by atoms with Gasteiger partial charge in [-0.25, -0.2) is 0 Å². The zero-order chi connectivity index (χ0) is 17.4. The summed E-state index contributed by atoms with van der Waals surface area (Å²) in [6.07, 6.45) is 0. The van der Waals surface area contributed by atoms with Crippen LogP contribution < -0.4 is 14.8 Å². The van der Waals surface area contributed by atoms with Crippen molar-refractivity contribution in [3.63, 3.8) is 0 Å². The molecule has 9 nitrogen and oxygen atoms in total. The molecule has 126 valence electrons. The summed E-state index contributed by atoms with van der Waals surface area (Å²) >= 11 is 0. The second kappa shape index (κ2) is 5.76. The Morgan fingerprint density at radius 1 is 1.50 bits per heavy atom. The van der Waals surface area contributed by atoms with Gasteiger partial charge in [0.25, 0.3) is 5.88 Å². The van der Waals surface area contributed by atoms with Crippen LogP contribution in [0.1, 0.15) is 22.7 Å². The van der Waals surface area contributed by atoms with E-state index in [0.717, 1.165) is 0 Å². The molecule has 1 aliphatic rings. The van der Waals surface area contributed by atoms with Crippen LogP contribution in [0.5, 0.6) is 17.4 Å². The van der Waals surface area contributed by atoms with Crippen LogP contribution in [0.4, 0.5) is 0 Å². The summed E-state index contributed by atoms with van der Waals surface area (Å²) in [5.41, 5.74) is 1.69. The van der Waals surface area contributed by atoms with Gasteiger partial charge in [-0.3, -0.25) is 15.2 Å². The Bertz CT molecular complexity index is 842. The second-order valence-electron chi connectivity index (χ2n) is 5.26. The highest BCUT2D eigenvalue weighted by Gasteiger charge is 2.42. The molecule has 1 unspecified atom stereocenters. The largest absolute Gasteiger partial charge is 0.504 e. The molecule has 1 aliphatic heterocycles. The summed E-state index contributed by atoms with van der Waals surface area (Å²) in [4.78, 5) is 11.2. The molecule has 2 heterocycles. The van der Waals surface area contributed by atoms with Crippen LogP contribution in [-0.4, -0.2) is 34.4 Å². The molecule has 0 spiro atoms. The van der Waals surface area contributed by atoms with E-state index in [9.17, 15) is 15.2 Å². The number of aromatic nitrogens is 2. The number of rotatable bonds is 4. The maximum Gasteiger partial charge on any atom is 0.317 e. The quantitative estimate of drug-likeness (QED) is 0.574. The third-order valence-electron chi connectivity index (χ3n) is 3.91. The molecule has 1 aromatic carbocycles. The van der Waals surface area contributed by atoms with Crippen molar-refractivity contribution in [1.82, 2.24) is 15.5 Å². The van der Waals surface area contributed by atoms with Crippen LogP contribution >= 0.6 is 0 Å². The predicted octanol–water partition coefficient (Wildman–Crippen LogP) is 1.62. The Kier molecular flexibility index (Phi) is 3.76. The Balaban J connectivity index is 2.26. The van der Waals surface area contributed by atoms with Gasteiger partial charge in [0.05, 0.1) is 17.6 Å². The Morgan fingerprint density at radius 2 is 2.25 bits per heavy atom. The lowest BCUT2D eigenvalue weighted by molar-refractivity contribution is -0.432. The molecule has 0 saturated heterocycles. The first kappa shape index (κ1) is 15.7. The van der Waals surface area contributed by atoms with Crippen LogP contribution in [0.2, 0.25) is 0 Å². The van der Waals surface area contributed by atoms with Gasteiger partial charge in [-0.2, -0.15) is 0 Å². The van der Waals surface area contributed by atoms with E-state index in [4.69, 9.17) is 9.47 Å². The minimum atomic E-state index is -0.723. The van der Waals surface area contributed by atoms with E-state index in [-0.39, 0.29) is 29.0 Å². The monoisotopic (exact) mass is 332 g/mol. The third kappa shape index (κ3) is 2.30. The zero-order valence-corrected chi connectivity index (χ0v) is 13.3. The molecule has 2 aromatic rings. The van der Waals surface area contributed by atoms with Gasteiger partial charge in [-0.1, -0.05) is 6.07 Å². The van der Waals surface area contributed by atoms with Crippen molar-refractivity contribution in [3.05, 3.63) is 56.7 Å². The van der Waals surface area contributed by atoms with Gasteiger partial charge in [-0.05, 0) is 24.6 Å². The van der Waals surface area contributed by atoms with E-state index < -0.39 is 10.8 Å². The molecule has 0 saturated carbocycles. The normalized spacial score (nSPS) is 16.4. The van der Waals surface area contributed by atoms with Gasteiger partial charge in [0.15, 0.2) is 11.5 Å². The van der Waals surface area contributed by atoms with E-state index in [2.05, 4.69) is 15.5 Å². The number of aryl methyl sites for hydroxylation is 1. The number of aromatic hydroxyl groups is 1. The number of H-pyrrole nitrogens is 1. The van der Waals surface area contributed by atoms with Gasteiger partial charge in [0.1, 0.15) is 5.92 Å². The molecule has 0 amide bonds. The number of hydrogen-bond acceptors (Lipinski definition) is 7. The van der Waals surface area contributed by atoms with Crippen molar-refractivity contribution >= 4 is 0 Å². The molecular formula is C15H16N4O5. The molecule has 24 heavy (non-hydrogen) atoms. The fourth-order valence-electron chi connectivity index (χ4n) is 2.82. The summed E-state index contributed by atoms with van der Waals surface area (Å²) in [7, 11) is 2.96. The lowest BCUT2D eigenvalue weighted by atomic mass is 9.87. The van der Waals surface area contributed by atoms with Crippen molar-refractivity contribution in [1.29, 1.82) is 0 Å². The standard InChI is InChI=1S/C15H16N4O5/c1-7-11-12(8-4-5-9(20)10(6-8)23-3)13(19(21)22)15(16-2)24-14(11)18-17-7/h4-6,12,16,20H,1-3H3,(H,17,18). The minimum Gasteiger partial charge on any atom is -0.504 e. The van der Waals surface area contributed by atoms with E-state index >= 15 is 0 Å². The molecule has 0 bridgehead atoms. The summed E-state index contributed by atoms with van der Waals surface area (Å²) in [5, 5.41) is 31.0. The van der Waals surface area contributed by atoms with Crippen LogP contribution in [0.3, 0.4) is 0 Å². The van der Waals surface area contributed by atoms with Crippen LogP contribution in [0.25, 0.3) is 0 Å². The number of hydrogen-bond donors (Lipinski definition) is 3. The molecule has 0 radical (unpaired) electrons. The van der Waals surface area contributed by atoms with Crippen molar-refractivity contribution in [3.8, 4) is 17.4 Å².